The van der Waals surface area contributed by atoms with Gasteiger partial charge in [0.1, 0.15) is 5.75 Å². The summed E-state index contributed by atoms with van der Waals surface area (Å²) in [4.78, 5) is 4.96. The molecule has 2 unspecified atom stereocenters. The van der Waals surface area contributed by atoms with Crippen LogP contribution in [0.3, 0.4) is 0 Å². The van der Waals surface area contributed by atoms with Crippen molar-refractivity contribution < 1.29 is 9.84 Å². The number of likely N-dealkylation sites (N-methyl/N-ethyl adjacent to an activating group) is 1. The number of rotatable bonds is 6. The van der Waals surface area contributed by atoms with Crippen LogP contribution in [0.15, 0.2) is 60.2 Å². The summed E-state index contributed by atoms with van der Waals surface area (Å²) in [6, 6.07) is 18.7. The van der Waals surface area contributed by atoms with Crippen molar-refractivity contribution in [2.24, 2.45) is 5.92 Å². The largest absolute Gasteiger partial charge is 0.497 e. The number of nitrogens with zero attached hydrogens (tertiary/aromatic N) is 2. The van der Waals surface area contributed by atoms with Crippen LogP contribution in [0.4, 0.5) is 0 Å². The molecule has 172 valence electrons. The minimum Gasteiger partial charge on any atom is -0.497 e. The highest BCUT2D eigenvalue weighted by Crippen LogP contribution is 2.41. The minimum atomic E-state index is -0.859. The Balaban J connectivity index is 1.68. The van der Waals surface area contributed by atoms with Crippen LogP contribution in [-0.4, -0.2) is 67.4 Å². The van der Waals surface area contributed by atoms with Gasteiger partial charge in [0, 0.05) is 45.1 Å². The highest BCUT2D eigenvalue weighted by atomic mass is 16.5. The molecule has 2 fully saturated rings. The first-order valence-electron chi connectivity index (χ1n) is 12.1. The molecule has 0 spiro atoms. The third-order valence-electron chi connectivity index (χ3n) is 7.30. The minimum absolute atomic E-state index is 0.217. The van der Waals surface area contributed by atoms with Gasteiger partial charge in [-0.15, -0.1) is 0 Å². The van der Waals surface area contributed by atoms with Gasteiger partial charge in [0.2, 0.25) is 0 Å². The third kappa shape index (κ3) is 5.61. The second kappa shape index (κ2) is 10.7. The maximum absolute atomic E-state index is 12.5. The van der Waals surface area contributed by atoms with Gasteiger partial charge >= 0.3 is 0 Å². The molecule has 1 heterocycles. The smallest absolute Gasteiger partial charge is 0.119 e. The fourth-order valence-corrected chi connectivity index (χ4v) is 5.31. The zero-order valence-corrected chi connectivity index (χ0v) is 19.7. The Morgan fingerprint density at radius 1 is 1.03 bits per heavy atom. The Labute approximate surface area is 193 Å². The van der Waals surface area contributed by atoms with E-state index >= 15 is 0 Å². The quantitative estimate of drug-likeness (QED) is 0.680. The van der Waals surface area contributed by atoms with Gasteiger partial charge < -0.3 is 19.6 Å². The predicted octanol–water partition coefficient (Wildman–Crippen LogP) is 4.49. The summed E-state index contributed by atoms with van der Waals surface area (Å²) in [6.45, 7) is 5.34. The molecule has 1 saturated heterocycles. The Morgan fingerprint density at radius 2 is 1.81 bits per heavy atom. The molecule has 32 heavy (non-hydrogen) atoms. The standard InChI is InChI=1S/C28H38N2O2/c1-29-15-17-30(18-16-29)22-26-13-7-6-12-25(19-23-9-4-3-5-10-23)28(26,31)21-24-11-8-14-27(20-24)32-2/h3-5,8-11,14,19-20,26,31H,6-7,12-13,15-18,21-22H2,1-2H3. The van der Waals surface area contributed by atoms with Gasteiger partial charge in [-0.1, -0.05) is 55.0 Å². The van der Waals surface area contributed by atoms with Crippen molar-refractivity contribution in [1.82, 2.24) is 9.80 Å². The topological polar surface area (TPSA) is 35.9 Å². The second-order valence-corrected chi connectivity index (χ2v) is 9.58. The van der Waals surface area contributed by atoms with Gasteiger partial charge in [-0.2, -0.15) is 0 Å². The Bertz CT molecular complexity index is 889. The number of aliphatic hydroxyl groups is 1. The van der Waals surface area contributed by atoms with Crippen molar-refractivity contribution in [2.75, 3.05) is 46.9 Å². The van der Waals surface area contributed by atoms with Crippen molar-refractivity contribution >= 4 is 6.08 Å². The van der Waals surface area contributed by atoms with E-state index in [1.165, 1.54) is 17.6 Å². The highest BCUT2D eigenvalue weighted by molar-refractivity contribution is 5.56. The summed E-state index contributed by atoms with van der Waals surface area (Å²) in [5.74, 6) is 1.07. The number of hydrogen-bond donors (Lipinski definition) is 1. The van der Waals surface area contributed by atoms with Gasteiger partial charge in [0.15, 0.2) is 0 Å². The molecule has 1 aliphatic carbocycles. The van der Waals surface area contributed by atoms with Gasteiger partial charge in [-0.25, -0.2) is 0 Å². The first kappa shape index (κ1) is 23.0. The van der Waals surface area contributed by atoms with Crippen LogP contribution in [0.25, 0.3) is 6.08 Å². The Kier molecular flexibility index (Phi) is 7.67. The number of hydrogen-bond acceptors (Lipinski definition) is 4. The highest BCUT2D eigenvalue weighted by Gasteiger charge is 2.42. The van der Waals surface area contributed by atoms with E-state index < -0.39 is 5.60 Å². The summed E-state index contributed by atoms with van der Waals surface area (Å²) in [6.07, 6.45) is 7.21. The van der Waals surface area contributed by atoms with Crippen molar-refractivity contribution in [3.05, 3.63) is 71.3 Å². The predicted molar refractivity (Wildman–Crippen MR) is 132 cm³/mol. The lowest BCUT2D eigenvalue weighted by molar-refractivity contribution is -0.00645. The molecule has 0 aromatic heterocycles. The summed E-state index contributed by atoms with van der Waals surface area (Å²) in [7, 11) is 3.90. The molecule has 0 radical (unpaired) electrons. The summed E-state index contributed by atoms with van der Waals surface area (Å²) < 4.78 is 5.47. The van der Waals surface area contributed by atoms with Crippen LogP contribution in [0.5, 0.6) is 5.75 Å². The molecule has 4 nitrogen and oxygen atoms in total. The Morgan fingerprint density at radius 3 is 2.56 bits per heavy atom. The van der Waals surface area contributed by atoms with E-state index in [2.05, 4.69) is 59.3 Å². The van der Waals surface area contributed by atoms with Crippen molar-refractivity contribution in [1.29, 1.82) is 0 Å². The average Bonchev–Trinajstić information content (AvgIpc) is 2.95. The van der Waals surface area contributed by atoms with Crippen LogP contribution in [0.2, 0.25) is 0 Å². The summed E-state index contributed by atoms with van der Waals surface area (Å²) in [5, 5.41) is 12.5. The molecule has 2 aliphatic rings. The molecule has 0 amide bonds. The lowest BCUT2D eigenvalue weighted by atomic mass is 9.74. The number of methoxy groups -OCH3 is 1. The molecular weight excluding hydrogens is 396 g/mol. The molecule has 1 saturated carbocycles. The van der Waals surface area contributed by atoms with Crippen LogP contribution < -0.4 is 4.74 Å². The lowest BCUT2D eigenvalue weighted by Crippen LogP contribution is -2.51. The van der Waals surface area contributed by atoms with E-state index in [9.17, 15) is 5.11 Å². The van der Waals surface area contributed by atoms with Crippen LogP contribution in [0.1, 0.15) is 36.8 Å². The zero-order chi connectivity index (χ0) is 22.4. The summed E-state index contributed by atoms with van der Waals surface area (Å²) >= 11 is 0. The molecule has 4 rings (SSSR count). The molecule has 4 heteroatoms. The monoisotopic (exact) mass is 434 g/mol. The number of ether oxygens (including phenoxy) is 1. The van der Waals surface area contributed by atoms with Crippen molar-refractivity contribution in [3.63, 3.8) is 0 Å². The zero-order valence-electron chi connectivity index (χ0n) is 19.7. The maximum Gasteiger partial charge on any atom is 0.119 e. The van der Waals surface area contributed by atoms with E-state index in [-0.39, 0.29) is 5.92 Å². The van der Waals surface area contributed by atoms with Gasteiger partial charge in [-0.3, -0.25) is 0 Å². The first-order chi connectivity index (χ1) is 15.6. The fourth-order valence-electron chi connectivity index (χ4n) is 5.31. The van der Waals surface area contributed by atoms with Gasteiger partial charge in [0.05, 0.1) is 12.7 Å². The molecule has 2 aromatic carbocycles. The number of piperazine rings is 1. The van der Waals surface area contributed by atoms with Crippen LogP contribution in [-0.2, 0) is 6.42 Å². The van der Waals surface area contributed by atoms with E-state index in [0.29, 0.717) is 6.42 Å². The molecule has 2 aromatic rings. The third-order valence-corrected chi connectivity index (χ3v) is 7.30. The normalized spacial score (nSPS) is 26.7. The fraction of sp³-hybridized carbons (Fsp3) is 0.500. The Hall–Kier alpha value is -2.14. The molecular formula is C28H38N2O2. The SMILES string of the molecule is COc1cccc(CC2(O)C(=Cc3ccccc3)CCCCC2CN2CCN(C)CC2)c1. The lowest BCUT2D eigenvalue weighted by Gasteiger charge is -2.42. The van der Waals surface area contributed by atoms with Crippen LogP contribution >= 0.6 is 0 Å². The van der Waals surface area contributed by atoms with Crippen molar-refractivity contribution in [2.45, 2.75) is 37.7 Å². The van der Waals surface area contributed by atoms with E-state index in [1.807, 2.05) is 18.2 Å². The van der Waals surface area contributed by atoms with Gasteiger partial charge in [-0.05, 0) is 55.1 Å². The van der Waals surface area contributed by atoms with Crippen LogP contribution in [0, 0.1) is 5.92 Å². The molecule has 1 N–H and O–H groups in total. The first-order valence-corrected chi connectivity index (χ1v) is 12.1. The van der Waals surface area contributed by atoms with E-state index in [4.69, 9.17) is 4.74 Å². The molecule has 2 atom stereocenters. The molecule has 0 bridgehead atoms. The van der Waals surface area contributed by atoms with E-state index in [0.717, 1.165) is 63.3 Å². The van der Waals surface area contributed by atoms with E-state index in [1.54, 1.807) is 7.11 Å². The van der Waals surface area contributed by atoms with Crippen molar-refractivity contribution in [3.8, 4) is 5.75 Å². The second-order valence-electron chi connectivity index (χ2n) is 9.58. The molecule has 1 aliphatic heterocycles. The average molecular weight is 435 g/mol. The van der Waals surface area contributed by atoms with Gasteiger partial charge in [0.25, 0.3) is 0 Å². The summed E-state index contributed by atoms with van der Waals surface area (Å²) in [5.41, 5.74) is 2.63. The maximum atomic E-state index is 12.5. The number of benzene rings is 2.